The molecule has 0 spiro atoms. The SMILES string of the molecule is CC(Oc1cc(NC(=O)N2C=NC=CC2)nnc1N)c1c(Cl)ccc(F)c1Cl. The van der Waals surface area contributed by atoms with Gasteiger partial charge in [0.15, 0.2) is 17.4 Å². The number of aliphatic imine (C=N–C) groups is 1. The molecule has 1 aliphatic heterocycles. The van der Waals surface area contributed by atoms with Gasteiger partial charge in [-0.15, -0.1) is 10.2 Å². The minimum absolute atomic E-state index is 0.0176. The second-order valence-corrected chi connectivity index (χ2v) is 6.51. The van der Waals surface area contributed by atoms with Gasteiger partial charge < -0.3 is 10.5 Å². The summed E-state index contributed by atoms with van der Waals surface area (Å²) in [7, 11) is 0. The molecule has 28 heavy (non-hydrogen) atoms. The Morgan fingerprint density at radius 2 is 2.18 bits per heavy atom. The highest BCUT2D eigenvalue weighted by molar-refractivity contribution is 6.36. The first-order chi connectivity index (χ1) is 13.4. The lowest BCUT2D eigenvalue weighted by molar-refractivity contribution is 0.227. The highest BCUT2D eigenvalue weighted by atomic mass is 35.5. The van der Waals surface area contributed by atoms with Crippen molar-refractivity contribution in [1.82, 2.24) is 15.1 Å². The number of nitrogens with one attached hydrogen (secondary N) is 1. The van der Waals surface area contributed by atoms with E-state index in [2.05, 4.69) is 20.5 Å². The highest BCUT2D eigenvalue weighted by Gasteiger charge is 2.21. The first kappa shape index (κ1) is 19.8. The molecule has 1 atom stereocenters. The van der Waals surface area contributed by atoms with Crippen molar-refractivity contribution in [1.29, 1.82) is 0 Å². The number of ether oxygens (including phenoxy) is 1. The van der Waals surface area contributed by atoms with Crippen LogP contribution in [0.2, 0.25) is 10.0 Å². The van der Waals surface area contributed by atoms with Crippen LogP contribution in [0.4, 0.5) is 20.8 Å². The van der Waals surface area contributed by atoms with Crippen LogP contribution < -0.4 is 15.8 Å². The number of nitrogen functional groups attached to an aromatic ring is 1. The first-order valence-electron chi connectivity index (χ1n) is 8.06. The van der Waals surface area contributed by atoms with Gasteiger partial charge in [0.1, 0.15) is 11.9 Å². The number of hydrogen-bond donors (Lipinski definition) is 2. The first-order valence-corrected chi connectivity index (χ1v) is 8.81. The molecule has 3 N–H and O–H groups in total. The summed E-state index contributed by atoms with van der Waals surface area (Å²) in [4.78, 5) is 17.4. The van der Waals surface area contributed by atoms with E-state index in [1.54, 1.807) is 19.2 Å². The number of carbonyl (C=O) groups excluding carboxylic acids is 1. The molecule has 0 bridgehead atoms. The molecule has 0 aliphatic carbocycles. The minimum Gasteiger partial charge on any atom is -0.482 e. The van der Waals surface area contributed by atoms with Gasteiger partial charge in [0.05, 0.1) is 11.4 Å². The van der Waals surface area contributed by atoms with Crippen molar-refractivity contribution in [3.63, 3.8) is 0 Å². The second-order valence-electron chi connectivity index (χ2n) is 5.73. The van der Waals surface area contributed by atoms with Gasteiger partial charge in [-0.25, -0.2) is 14.2 Å². The molecule has 2 amide bonds. The Hall–Kier alpha value is -2.91. The lowest BCUT2D eigenvalue weighted by Crippen LogP contribution is -2.35. The number of nitrogens with zero attached hydrogens (tertiary/aromatic N) is 4. The summed E-state index contributed by atoms with van der Waals surface area (Å²) in [6.45, 7) is 2.00. The van der Waals surface area contributed by atoms with Gasteiger partial charge >= 0.3 is 6.03 Å². The van der Waals surface area contributed by atoms with Crippen LogP contribution in [0.25, 0.3) is 0 Å². The van der Waals surface area contributed by atoms with Gasteiger partial charge in [-0.05, 0) is 25.1 Å². The number of amides is 2. The van der Waals surface area contributed by atoms with Crippen molar-refractivity contribution in [3.8, 4) is 5.75 Å². The molecular weight excluding hydrogens is 410 g/mol. The molecule has 1 aromatic heterocycles. The van der Waals surface area contributed by atoms with Gasteiger partial charge in [0, 0.05) is 29.4 Å². The van der Waals surface area contributed by atoms with Gasteiger partial charge in [-0.3, -0.25) is 10.2 Å². The fraction of sp³-hybridized carbons (Fsp3) is 0.176. The summed E-state index contributed by atoms with van der Waals surface area (Å²) in [5, 5.41) is 10.2. The number of aromatic nitrogens is 2. The Bertz CT molecular complexity index is 969. The molecule has 146 valence electrons. The molecule has 0 saturated carbocycles. The highest BCUT2D eigenvalue weighted by Crippen LogP contribution is 2.36. The maximum absolute atomic E-state index is 13.8. The predicted molar refractivity (Wildman–Crippen MR) is 105 cm³/mol. The lowest BCUT2D eigenvalue weighted by Gasteiger charge is -2.20. The quantitative estimate of drug-likeness (QED) is 0.720. The Morgan fingerprint density at radius 1 is 1.39 bits per heavy atom. The van der Waals surface area contributed by atoms with Crippen LogP contribution in [0.5, 0.6) is 5.75 Å². The zero-order valence-electron chi connectivity index (χ0n) is 14.6. The molecule has 2 heterocycles. The van der Waals surface area contributed by atoms with E-state index in [4.69, 9.17) is 33.7 Å². The fourth-order valence-electron chi connectivity index (χ4n) is 2.41. The molecule has 8 nitrogen and oxygen atoms in total. The van der Waals surface area contributed by atoms with Crippen molar-refractivity contribution in [2.45, 2.75) is 13.0 Å². The number of carbonyl (C=O) groups is 1. The van der Waals surface area contributed by atoms with Gasteiger partial charge in [0.2, 0.25) is 0 Å². The summed E-state index contributed by atoms with van der Waals surface area (Å²) < 4.78 is 19.5. The minimum atomic E-state index is -0.745. The molecule has 3 rings (SSSR count). The van der Waals surface area contributed by atoms with Crippen LogP contribution in [0.15, 0.2) is 35.5 Å². The Balaban J connectivity index is 1.78. The third-order valence-corrected chi connectivity index (χ3v) is 4.48. The number of benzene rings is 1. The van der Waals surface area contributed by atoms with Crippen molar-refractivity contribution in [2.24, 2.45) is 4.99 Å². The van der Waals surface area contributed by atoms with Gasteiger partial charge in [0.25, 0.3) is 0 Å². The summed E-state index contributed by atoms with van der Waals surface area (Å²) in [6, 6.07) is 3.49. The van der Waals surface area contributed by atoms with E-state index < -0.39 is 18.0 Å². The van der Waals surface area contributed by atoms with E-state index in [-0.39, 0.29) is 33.0 Å². The van der Waals surface area contributed by atoms with Crippen LogP contribution in [0.3, 0.4) is 0 Å². The lowest BCUT2D eigenvalue weighted by atomic mass is 10.1. The van der Waals surface area contributed by atoms with E-state index in [0.717, 1.165) is 6.07 Å². The monoisotopic (exact) mass is 424 g/mol. The largest absolute Gasteiger partial charge is 0.482 e. The number of urea groups is 1. The van der Waals surface area contributed by atoms with E-state index in [0.29, 0.717) is 6.54 Å². The molecule has 11 heteroatoms. The zero-order chi connectivity index (χ0) is 20.3. The van der Waals surface area contributed by atoms with Crippen molar-refractivity contribution in [2.75, 3.05) is 17.6 Å². The predicted octanol–water partition coefficient (Wildman–Crippen LogP) is 4.03. The standard InChI is InChI=1S/C17H15Cl2FN6O2/c1-9(14-10(18)3-4-11(20)15(14)19)28-12-7-13(24-25-16(12)21)23-17(27)26-6-2-5-22-8-26/h2-5,7-9H,6H2,1H3,(H2,21,25)(H,23,24,27). The van der Waals surface area contributed by atoms with Crippen molar-refractivity contribution in [3.05, 3.63) is 51.9 Å². The number of rotatable bonds is 4. The molecular formula is C17H15Cl2FN6O2. The van der Waals surface area contributed by atoms with E-state index in [1.165, 1.54) is 23.4 Å². The normalized spacial score (nSPS) is 14.1. The van der Waals surface area contributed by atoms with E-state index >= 15 is 0 Å². The van der Waals surface area contributed by atoms with Crippen LogP contribution in [-0.4, -0.2) is 34.0 Å². The average Bonchev–Trinajstić information content (AvgIpc) is 2.68. The molecule has 1 aliphatic rings. The third-order valence-electron chi connectivity index (χ3n) is 3.77. The zero-order valence-corrected chi connectivity index (χ0v) is 16.1. The molecule has 0 radical (unpaired) electrons. The Kier molecular flexibility index (Phi) is 5.96. The topological polar surface area (TPSA) is 106 Å². The van der Waals surface area contributed by atoms with Crippen molar-refractivity contribution < 1.29 is 13.9 Å². The van der Waals surface area contributed by atoms with E-state index in [1.807, 2.05) is 0 Å². The van der Waals surface area contributed by atoms with Gasteiger partial charge in [-0.2, -0.15) is 0 Å². The molecule has 2 aromatic rings. The number of nitrogens with two attached hydrogens (primary N) is 1. The smallest absolute Gasteiger partial charge is 0.328 e. The maximum atomic E-state index is 13.8. The average molecular weight is 425 g/mol. The van der Waals surface area contributed by atoms with Crippen molar-refractivity contribution >= 4 is 47.2 Å². The van der Waals surface area contributed by atoms with Crippen LogP contribution in [0, 0.1) is 5.82 Å². The van der Waals surface area contributed by atoms with Crippen LogP contribution in [-0.2, 0) is 0 Å². The maximum Gasteiger partial charge on any atom is 0.328 e. The summed E-state index contributed by atoms with van der Waals surface area (Å²) in [5.74, 6) is -0.402. The Morgan fingerprint density at radius 3 is 2.89 bits per heavy atom. The molecule has 0 fully saturated rings. The Labute approximate surface area is 169 Å². The summed E-state index contributed by atoms with van der Waals surface area (Å²) in [5.41, 5.74) is 6.07. The van der Waals surface area contributed by atoms with E-state index in [9.17, 15) is 9.18 Å². The number of anilines is 2. The third kappa shape index (κ3) is 4.32. The van der Waals surface area contributed by atoms with Gasteiger partial charge in [-0.1, -0.05) is 23.2 Å². The fourth-order valence-corrected chi connectivity index (χ4v) is 3.09. The van der Waals surface area contributed by atoms with Crippen LogP contribution in [0.1, 0.15) is 18.6 Å². The molecule has 1 unspecified atom stereocenters. The second kappa shape index (κ2) is 8.41. The molecule has 0 saturated heterocycles. The number of hydrogen-bond acceptors (Lipinski definition) is 6. The summed E-state index contributed by atoms with van der Waals surface area (Å²) >= 11 is 12.1. The number of halogens is 3. The molecule has 1 aromatic carbocycles. The summed E-state index contributed by atoms with van der Waals surface area (Å²) in [6.07, 6.45) is 3.94. The van der Waals surface area contributed by atoms with Crippen LogP contribution >= 0.6 is 23.2 Å².